The van der Waals surface area contributed by atoms with Gasteiger partial charge in [0.25, 0.3) is 5.91 Å². The molecule has 13 heteroatoms. The summed E-state index contributed by atoms with van der Waals surface area (Å²) < 4.78 is 3.30. The average molecular weight is 805 g/mol. The molecule has 35 heavy (non-hydrogen) atoms. The van der Waals surface area contributed by atoms with Crippen LogP contribution in [0.1, 0.15) is 26.3 Å². The topological polar surface area (TPSA) is 79.3 Å². The van der Waals surface area contributed by atoms with E-state index in [-0.39, 0.29) is 15.6 Å². The molecule has 0 saturated carbocycles. The molecular formula is C22H10Br4Cl2N2O3S2. The van der Waals surface area contributed by atoms with Crippen LogP contribution in [-0.2, 0) is 5.75 Å². The number of carbonyl (C=O) groups is 2. The van der Waals surface area contributed by atoms with E-state index in [9.17, 15) is 14.7 Å². The number of thioether (sulfide) groups is 1. The minimum absolute atomic E-state index is 0.0139. The Balaban J connectivity index is 1.58. The van der Waals surface area contributed by atoms with Gasteiger partial charge in [0.05, 0.1) is 21.3 Å². The number of hydrogen-bond donors (Lipinski definition) is 2. The molecule has 0 aliphatic heterocycles. The van der Waals surface area contributed by atoms with Crippen LogP contribution >= 0.6 is 110 Å². The molecule has 180 valence electrons. The van der Waals surface area contributed by atoms with Gasteiger partial charge >= 0.3 is 5.97 Å². The van der Waals surface area contributed by atoms with Crippen LogP contribution in [0.25, 0.3) is 10.2 Å². The van der Waals surface area contributed by atoms with Gasteiger partial charge in [-0.05, 0) is 99.6 Å². The smallest absolute Gasteiger partial charge is 0.337 e. The van der Waals surface area contributed by atoms with Crippen molar-refractivity contribution in [2.75, 3.05) is 5.32 Å². The molecule has 0 radical (unpaired) electrons. The maximum absolute atomic E-state index is 13.1. The van der Waals surface area contributed by atoms with E-state index in [1.54, 1.807) is 36.0 Å². The fourth-order valence-electron chi connectivity index (χ4n) is 3.06. The van der Waals surface area contributed by atoms with Crippen LogP contribution in [0.5, 0.6) is 0 Å². The van der Waals surface area contributed by atoms with Gasteiger partial charge < -0.3 is 10.4 Å². The zero-order chi connectivity index (χ0) is 25.4. The van der Waals surface area contributed by atoms with Crippen molar-refractivity contribution in [1.29, 1.82) is 0 Å². The average Bonchev–Trinajstić information content (AvgIpc) is 3.21. The number of anilines is 1. The molecule has 0 bridgehead atoms. The first-order chi connectivity index (χ1) is 16.6. The van der Waals surface area contributed by atoms with Crippen LogP contribution < -0.4 is 5.32 Å². The van der Waals surface area contributed by atoms with Crippen LogP contribution in [0.4, 0.5) is 5.69 Å². The van der Waals surface area contributed by atoms with E-state index in [1.165, 1.54) is 11.3 Å². The number of nitrogens with zero attached hydrogens (tertiary/aromatic N) is 1. The van der Waals surface area contributed by atoms with Crippen LogP contribution in [0, 0.1) is 0 Å². The quantitative estimate of drug-likeness (QED) is 0.115. The molecule has 1 heterocycles. The molecule has 1 amide bonds. The summed E-state index contributed by atoms with van der Waals surface area (Å²) in [5.74, 6) is -1.17. The number of thiazole rings is 1. The Kier molecular flexibility index (Phi) is 8.91. The first-order valence-electron chi connectivity index (χ1n) is 9.44. The Morgan fingerprint density at radius 1 is 0.971 bits per heavy atom. The van der Waals surface area contributed by atoms with E-state index < -0.39 is 11.9 Å². The van der Waals surface area contributed by atoms with Crippen LogP contribution in [0.15, 0.2) is 58.6 Å². The van der Waals surface area contributed by atoms with Crippen molar-refractivity contribution in [3.05, 3.63) is 81.0 Å². The Morgan fingerprint density at radius 3 is 2.31 bits per heavy atom. The standard InChI is InChI=1S/C22H10Br4Cl2N2O3S2/c23-16-14(15(21(32)33)17(24)19(26)18(16)25)20(31)29-10-3-4-12-13(6-10)35-22(30-12)34-7-8-1-2-9(27)5-11(8)28/h1-6H,7H2,(H,29,31)(H,32,33). The van der Waals surface area contributed by atoms with Crippen LogP contribution in [0.3, 0.4) is 0 Å². The lowest BCUT2D eigenvalue weighted by Gasteiger charge is -2.14. The zero-order valence-electron chi connectivity index (χ0n) is 17.0. The van der Waals surface area contributed by atoms with Gasteiger partial charge in [0.1, 0.15) is 0 Å². The highest BCUT2D eigenvalue weighted by Gasteiger charge is 2.28. The maximum atomic E-state index is 13.1. The minimum atomic E-state index is -1.24. The Hall–Kier alpha value is -0.660. The number of rotatable bonds is 6. The molecule has 3 aromatic carbocycles. The summed E-state index contributed by atoms with van der Waals surface area (Å²) in [5, 5.41) is 13.7. The minimum Gasteiger partial charge on any atom is -0.478 e. The Bertz CT molecular complexity index is 1510. The molecule has 0 atom stereocenters. The summed E-state index contributed by atoms with van der Waals surface area (Å²) >= 11 is 28.6. The van der Waals surface area contributed by atoms with E-state index in [2.05, 4.69) is 74.0 Å². The van der Waals surface area contributed by atoms with Crippen molar-refractivity contribution in [2.24, 2.45) is 0 Å². The van der Waals surface area contributed by atoms with Crippen molar-refractivity contribution in [3.8, 4) is 0 Å². The molecular weight excluding hydrogens is 795 g/mol. The van der Waals surface area contributed by atoms with Crippen molar-refractivity contribution in [1.82, 2.24) is 4.98 Å². The molecule has 1 aromatic heterocycles. The number of halogens is 6. The van der Waals surface area contributed by atoms with E-state index in [0.717, 1.165) is 20.1 Å². The SMILES string of the molecule is O=C(O)c1c(Br)c(Br)c(Br)c(Br)c1C(=O)Nc1ccc2nc(SCc3ccc(Cl)cc3Cl)sc2c1. The first-order valence-corrected chi connectivity index (χ1v) is 15.2. The van der Waals surface area contributed by atoms with Gasteiger partial charge in [-0.15, -0.1) is 11.3 Å². The molecule has 0 aliphatic carbocycles. The van der Waals surface area contributed by atoms with Gasteiger partial charge in [-0.25, -0.2) is 9.78 Å². The van der Waals surface area contributed by atoms with Crippen molar-refractivity contribution < 1.29 is 14.7 Å². The van der Waals surface area contributed by atoms with Gasteiger partial charge in [-0.1, -0.05) is 41.0 Å². The summed E-state index contributed by atoms with van der Waals surface area (Å²) in [6.07, 6.45) is 0. The number of aromatic carboxylic acids is 1. The van der Waals surface area contributed by atoms with E-state index in [4.69, 9.17) is 23.2 Å². The number of carboxylic acid groups (broad SMARTS) is 1. The van der Waals surface area contributed by atoms with E-state index >= 15 is 0 Å². The van der Waals surface area contributed by atoms with Gasteiger partial charge in [0.15, 0.2) is 4.34 Å². The first kappa shape index (κ1) is 27.4. The fourth-order valence-corrected chi connectivity index (χ4v) is 8.19. The van der Waals surface area contributed by atoms with Gasteiger partial charge in [-0.3, -0.25) is 4.79 Å². The Labute approximate surface area is 251 Å². The number of benzene rings is 3. The molecule has 0 fully saturated rings. The van der Waals surface area contributed by atoms with Gasteiger partial charge in [-0.2, -0.15) is 0 Å². The number of carbonyl (C=O) groups excluding carboxylic acids is 1. The number of nitrogens with one attached hydrogen (secondary N) is 1. The summed E-state index contributed by atoms with van der Waals surface area (Å²) in [5.41, 5.74) is 2.09. The van der Waals surface area contributed by atoms with Crippen molar-refractivity contribution in [3.63, 3.8) is 0 Å². The lowest BCUT2D eigenvalue weighted by molar-refractivity contribution is 0.0691. The van der Waals surface area contributed by atoms with Crippen molar-refractivity contribution in [2.45, 2.75) is 10.1 Å². The molecule has 5 nitrogen and oxygen atoms in total. The molecule has 2 N–H and O–H groups in total. The second-order valence-electron chi connectivity index (χ2n) is 6.95. The predicted octanol–water partition coefficient (Wildman–Crippen LogP) is 9.90. The van der Waals surface area contributed by atoms with Crippen LogP contribution in [0.2, 0.25) is 10.0 Å². The third-order valence-corrected chi connectivity index (χ3v) is 12.3. The van der Waals surface area contributed by atoms with Gasteiger partial charge in [0, 0.05) is 39.4 Å². The summed E-state index contributed by atoms with van der Waals surface area (Å²) in [4.78, 5) is 29.7. The molecule has 4 aromatic rings. The van der Waals surface area contributed by atoms with E-state index in [1.807, 2.05) is 12.1 Å². The third kappa shape index (κ3) is 5.93. The third-order valence-electron chi connectivity index (χ3n) is 4.70. The summed E-state index contributed by atoms with van der Waals surface area (Å²) in [6.45, 7) is 0. The molecule has 4 rings (SSSR count). The second kappa shape index (κ2) is 11.4. The fraction of sp³-hybridized carbons (Fsp3) is 0.0455. The highest BCUT2D eigenvalue weighted by molar-refractivity contribution is 9.15. The number of amides is 1. The molecule has 0 aliphatic rings. The summed E-state index contributed by atoms with van der Waals surface area (Å²) in [7, 11) is 0. The maximum Gasteiger partial charge on any atom is 0.337 e. The van der Waals surface area contributed by atoms with Crippen LogP contribution in [-0.4, -0.2) is 22.0 Å². The molecule has 0 unspecified atom stereocenters. The van der Waals surface area contributed by atoms with E-state index in [0.29, 0.717) is 34.9 Å². The highest BCUT2D eigenvalue weighted by Crippen LogP contribution is 2.42. The molecule has 0 spiro atoms. The summed E-state index contributed by atoms with van der Waals surface area (Å²) in [6, 6.07) is 10.7. The largest absolute Gasteiger partial charge is 0.478 e. The lowest BCUT2D eigenvalue weighted by atomic mass is 10.1. The number of hydrogen-bond acceptors (Lipinski definition) is 5. The Morgan fingerprint density at radius 2 is 1.66 bits per heavy atom. The lowest BCUT2D eigenvalue weighted by Crippen LogP contribution is -2.18. The number of fused-ring (bicyclic) bond motifs is 1. The molecule has 0 saturated heterocycles. The normalized spacial score (nSPS) is 11.1. The highest BCUT2D eigenvalue weighted by atomic mass is 79.9. The van der Waals surface area contributed by atoms with Gasteiger partial charge in [0.2, 0.25) is 0 Å². The second-order valence-corrected chi connectivity index (χ2v) is 13.2. The number of aromatic nitrogens is 1. The van der Waals surface area contributed by atoms with Crippen molar-refractivity contribution >= 4 is 138 Å². The monoisotopic (exact) mass is 800 g/mol. The number of carboxylic acids is 1. The predicted molar refractivity (Wildman–Crippen MR) is 158 cm³/mol. The zero-order valence-corrected chi connectivity index (χ0v) is 26.5.